The van der Waals surface area contributed by atoms with Crippen molar-refractivity contribution in [2.24, 2.45) is 0 Å². The molecule has 0 atom stereocenters. The van der Waals surface area contributed by atoms with Gasteiger partial charge in [-0.1, -0.05) is 0 Å². The van der Waals surface area contributed by atoms with E-state index in [-0.39, 0.29) is 18.3 Å². The Morgan fingerprint density at radius 2 is 2.33 bits per heavy atom. The van der Waals surface area contributed by atoms with Crippen molar-refractivity contribution in [3.8, 4) is 0 Å². The summed E-state index contributed by atoms with van der Waals surface area (Å²) in [6, 6.07) is 4.32. The lowest BCUT2D eigenvalue weighted by Gasteiger charge is -2.17. The van der Waals surface area contributed by atoms with Crippen LogP contribution in [0.25, 0.3) is 11.0 Å². The molecule has 1 N–H and O–H groups in total. The Morgan fingerprint density at radius 1 is 1.56 bits per heavy atom. The highest BCUT2D eigenvalue weighted by Gasteiger charge is 2.14. The molecule has 0 bridgehead atoms. The highest BCUT2D eigenvalue weighted by Crippen LogP contribution is 2.18. The van der Waals surface area contributed by atoms with Crippen LogP contribution in [-0.2, 0) is 9.53 Å². The molecule has 0 saturated carbocycles. The average Bonchev–Trinajstić information content (AvgIpc) is 2.78. The smallest absolute Gasteiger partial charge is 0.325 e. The van der Waals surface area contributed by atoms with Gasteiger partial charge in [0.1, 0.15) is 12.4 Å². The van der Waals surface area contributed by atoms with Crippen LogP contribution in [0.2, 0.25) is 0 Å². The molecule has 1 heterocycles. The molecule has 0 amide bonds. The number of likely N-dealkylation sites (N-methyl/N-ethyl adjacent to an activating group) is 1. The molecule has 0 fully saturated rings. The van der Waals surface area contributed by atoms with E-state index in [1.165, 1.54) is 19.2 Å². The average molecular weight is 251 g/mol. The highest BCUT2D eigenvalue weighted by atomic mass is 19.1. The number of methoxy groups -OCH3 is 1. The summed E-state index contributed by atoms with van der Waals surface area (Å²) in [5.41, 5.74) is 1.27. The number of fused-ring (bicyclic) bond motifs is 1. The molecule has 0 aliphatic rings. The molecule has 1 aromatic carbocycles. The van der Waals surface area contributed by atoms with Crippen LogP contribution in [0, 0.1) is 5.82 Å². The maximum absolute atomic E-state index is 13.1. The van der Waals surface area contributed by atoms with Gasteiger partial charge >= 0.3 is 5.97 Å². The number of imidazole rings is 1. The number of aromatic nitrogens is 2. The molecule has 0 unspecified atom stereocenters. The molecule has 18 heavy (non-hydrogen) atoms. The normalized spacial score (nSPS) is 10.6. The highest BCUT2D eigenvalue weighted by molar-refractivity contribution is 5.79. The summed E-state index contributed by atoms with van der Waals surface area (Å²) in [7, 11) is 1.34. The fraction of sp³-hybridized carbons (Fsp3) is 0.333. The van der Waals surface area contributed by atoms with Crippen LogP contribution >= 0.6 is 0 Å². The van der Waals surface area contributed by atoms with Crippen molar-refractivity contribution >= 4 is 23.0 Å². The minimum Gasteiger partial charge on any atom is -0.468 e. The maximum Gasteiger partial charge on any atom is 0.325 e. The van der Waals surface area contributed by atoms with Gasteiger partial charge in [0, 0.05) is 6.54 Å². The van der Waals surface area contributed by atoms with Crippen LogP contribution in [0.3, 0.4) is 0 Å². The number of carbonyl (C=O) groups excluding carboxylic acids is 1. The number of H-pyrrole nitrogens is 1. The molecule has 6 heteroatoms. The Balaban J connectivity index is 2.30. The molecule has 0 saturated heterocycles. The Morgan fingerprint density at radius 3 is 3.00 bits per heavy atom. The monoisotopic (exact) mass is 251 g/mol. The zero-order chi connectivity index (χ0) is 13.1. The Kier molecular flexibility index (Phi) is 3.45. The number of carbonyl (C=O) groups is 1. The number of aromatic amines is 1. The van der Waals surface area contributed by atoms with Gasteiger partial charge in [-0.15, -0.1) is 0 Å². The number of rotatable bonds is 4. The van der Waals surface area contributed by atoms with Crippen LogP contribution in [-0.4, -0.2) is 36.1 Å². The van der Waals surface area contributed by atoms with Crippen LogP contribution < -0.4 is 4.90 Å². The zero-order valence-electron chi connectivity index (χ0n) is 10.2. The van der Waals surface area contributed by atoms with E-state index in [2.05, 4.69) is 14.7 Å². The van der Waals surface area contributed by atoms with Gasteiger partial charge in [-0.25, -0.2) is 9.37 Å². The van der Waals surface area contributed by atoms with E-state index < -0.39 is 0 Å². The second-order valence-corrected chi connectivity index (χ2v) is 3.81. The van der Waals surface area contributed by atoms with Crippen LogP contribution in [0.5, 0.6) is 0 Å². The summed E-state index contributed by atoms with van der Waals surface area (Å²) in [6.45, 7) is 2.60. The van der Waals surface area contributed by atoms with Gasteiger partial charge in [-0.3, -0.25) is 4.79 Å². The lowest BCUT2D eigenvalue weighted by atomic mass is 10.3. The molecule has 0 aliphatic carbocycles. The van der Waals surface area contributed by atoms with Crippen molar-refractivity contribution in [2.75, 3.05) is 25.1 Å². The third-order valence-electron chi connectivity index (χ3n) is 2.66. The summed E-state index contributed by atoms with van der Waals surface area (Å²) in [6.07, 6.45) is 0. The number of ether oxygens (including phenoxy) is 1. The molecule has 0 radical (unpaired) electrons. The van der Waals surface area contributed by atoms with E-state index >= 15 is 0 Å². The second-order valence-electron chi connectivity index (χ2n) is 3.81. The third-order valence-corrected chi connectivity index (χ3v) is 2.66. The van der Waals surface area contributed by atoms with E-state index in [9.17, 15) is 9.18 Å². The van der Waals surface area contributed by atoms with Gasteiger partial charge < -0.3 is 14.6 Å². The number of hydrogen-bond donors (Lipinski definition) is 1. The molecule has 0 spiro atoms. The fourth-order valence-corrected chi connectivity index (χ4v) is 1.67. The Labute approximate surface area is 104 Å². The van der Waals surface area contributed by atoms with Crippen molar-refractivity contribution in [3.05, 3.63) is 24.0 Å². The Hall–Kier alpha value is -2.11. The quantitative estimate of drug-likeness (QED) is 0.840. The number of benzene rings is 1. The molecule has 2 aromatic rings. The van der Waals surface area contributed by atoms with E-state index in [1.54, 1.807) is 11.0 Å². The minimum absolute atomic E-state index is 0.106. The Bertz CT molecular complexity index is 567. The van der Waals surface area contributed by atoms with Crippen molar-refractivity contribution in [3.63, 3.8) is 0 Å². The molecule has 1 aromatic heterocycles. The number of esters is 1. The van der Waals surface area contributed by atoms with Crippen LogP contribution in [0.4, 0.5) is 10.3 Å². The molecule has 2 rings (SSSR count). The van der Waals surface area contributed by atoms with Crippen LogP contribution in [0.1, 0.15) is 6.92 Å². The second kappa shape index (κ2) is 5.03. The summed E-state index contributed by atoms with van der Waals surface area (Å²) < 4.78 is 17.7. The summed E-state index contributed by atoms with van der Waals surface area (Å²) >= 11 is 0. The fourth-order valence-electron chi connectivity index (χ4n) is 1.67. The first-order valence-corrected chi connectivity index (χ1v) is 5.61. The van der Waals surface area contributed by atoms with E-state index in [0.717, 1.165) is 0 Å². The van der Waals surface area contributed by atoms with Crippen molar-refractivity contribution in [1.82, 2.24) is 9.97 Å². The van der Waals surface area contributed by atoms with Gasteiger partial charge in [-0.05, 0) is 25.1 Å². The largest absolute Gasteiger partial charge is 0.468 e. The molecule has 0 aliphatic heterocycles. The predicted molar refractivity (Wildman–Crippen MR) is 66.0 cm³/mol. The van der Waals surface area contributed by atoms with Crippen molar-refractivity contribution < 1.29 is 13.9 Å². The van der Waals surface area contributed by atoms with Crippen LogP contribution in [0.15, 0.2) is 18.2 Å². The van der Waals surface area contributed by atoms with Gasteiger partial charge in [0.2, 0.25) is 5.95 Å². The summed E-state index contributed by atoms with van der Waals surface area (Å²) in [5.74, 6) is -0.138. The topological polar surface area (TPSA) is 58.2 Å². The number of anilines is 1. The van der Waals surface area contributed by atoms with E-state index in [1.807, 2.05) is 6.92 Å². The zero-order valence-corrected chi connectivity index (χ0v) is 10.2. The molecule has 96 valence electrons. The predicted octanol–water partition coefficient (Wildman–Crippen LogP) is 1.70. The van der Waals surface area contributed by atoms with Gasteiger partial charge in [0.15, 0.2) is 0 Å². The lowest BCUT2D eigenvalue weighted by molar-refractivity contribution is -0.138. The third kappa shape index (κ3) is 2.42. The first-order chi connectivity index (χ1) is 8.63. The summed E-state index contributed by atoms with van der Waals surface area (Å²) in [4.78, 5) is 20.3. The number of nitrogens with one attached hydrogen (secondary N) is 1. The molecule has 5 nitrogen and oxygen atoms in total. The van der Waals surface area contributed by atoms with Gasteiger partial charge in [-0.2, -0.15) is 0 Å². The van der Waals surface area contributed by atoms with E-state index in [0.29, 0.717) is 23.5 Å². The lowest BCUT2D eigenvalue weighted by Crippen LogP contribution is -2.31. The SMILES string of the molecule is CCN(CC(=O)OC)c1nc2ccc(F)cc2[nH]1. The number of nitrogens with zero attached hydrogens (tertiary/aromatic N) is 2. The number of hydrogen-bond acceptors (Lipinski definition) is 4. The molecular formula is C12H14FN3O2. The maximum atomic E-state index is 13.1. The minimum atomic E-state index is -0.344. The number of halogens is 1. The van der Waals surface area contributed by atoms with Gasteiger partial charge in [0.25, 0.3) is 0 Å². The summed E-state index contributed by atoms with van der Waals surface area (Å²) in [5, 5.41) is 0. The van der Waals surface area contributed by atoms with Crippen molar-refractivity contribution in [1.29, 1.82) is 0 Å². The standard InChI is InChI=1S/C12H14FN3O2/c1-3-16(7-11(17)18-2)12-14-9-5-4-8(13)6-10(9)15-12/h4-6H,3,7H2,1-2H3,(H,14,15). The van der Waals surface area contributed by atoms with E-state index in [4.69, 9.17) is 0 Å². The first-order valence-electron chi connectivity index (χ1n) is 5.61. The first kappa shape index (κ1) is 12.3. The van der Waals surface area contributed by atoms with Crippen molar-refractivity contribution in [2.45, 2.75) is 6.92 Å². The molecular weight excluding hydrogens is 237 g/mol. The van der Waals surface area contributed by atoms with Gasteiger partial charge in [0.05, 0.1) is 18.1 Å².